The first-order chi connectivity index (χ1) is 13.3. The maximum absolute atomic E-state index is 12.2. The van der Waals surface area contributed by atoms with Crippen molar-refractivity contribution < 1.29 is 23.9 Å². The van der Waals surface area contributed by atoms with Gasteiger partial charge in [0, 0.05) is 28.9 Å². The van der Waals surface area contributed by atoms with E-state index >= 15 is 0 Å². The van der Waals surface area contributed by atoms with Crippen LogP contribution in [-0.4, -0.2) is 43.6 Å². The van der Waals surface area contributed by atoms with Crippen molar-refractivity contribution in [2.24, 2.45) is 0 Å². The highest BCUT2D eigenvalue weighted by Crippen LogP contribution is 2.22. The van der Waals surface area contributed by atoms with E-state index in [1.165, 1.54) is 19.2 Å². The Labute approximate surface area is 174 Å². The second-order valence-electron chi connectivity index (χ2n) is 6.16. The molecule has 0 aliphatic heterocycles. The first-order valence-corrected chi connectivity index (χ1v) is 9.38. The fraction of sp³-hybridized carbons (Fsp3) is 0.421. The molecule has 154 valence electrons. The maximum Gasteiger partial charge on any atom is 0.293 e. The minimum absolute atomic E-state index is 0.0301. The molecular weight excluding hydrogens is 407 g/mol. The molecule has 0 spiro atoms. The minimum atomic E-state index is -1.24. The molecular formula is C19H24Cl2N2O5. The van der Waals surface area contributed by atoms with E-state index in [0.717, 1.165) is 12.8 Å². The van der Waals surface area contributed by atoms with Gasteiger partial charge in [-0.1, -0.05) is 35.4 Å². The van der Waals surface area contributed by atoms with Crippen molar-refractivity contribution in [3.8, 4) is 0 Å². The number of carbonyl (C=O) groups excluding carboxylic acids is 3. The lowest BCUT2D eigenvalue weighted by Gasteiger charge is -2.18. The Bertz CT molecular complexity index is 689. The SMILES string of the molecule is CC(C)OC=O.COC(C(=O)Nc1cc(Cl)cc(Cl)c1)C(=O)NC1C=CCC1. The van der Waals surface area contributed by atoms with Crippen molar-refractivity contribution in [3.63, 3.8) is 0 Å². The van der Waals surface area contributed by atoms with Crippen molar-refractivity contribution in [1.29, 1.82) is 0 Å². The van der Waals surface area contributed by atoms with Crippen LogP contribution >= 0.6 is 23.2 Å². The predicted molar refractivity (Wildman–Crippen MR) is 108 cm³/mol. The molecule has 0 saturated heterocycles. The van der Waals surface area contributed by atoms with Crippen LogP contribution in [0.25, 0.3) is 0 Å². The highest BCUT2D eigenvalue weighted by molar-refractivity contribution is 6.35. The van der Waals surface area contributed by atoms with Gasteiger partial charge in [0.05, 0.1) is 6.10 Å². The van der Waals surface area contributed by atoms with E-state index in [1.807, 2.05) is 12.2 Å². The number of allylic oxidation sites excluding steroid dienone is 1. The maximum atomic E-state index is 12.2. The van der Waals surface area contributed by atoms with Gasteiger partial charge in [-0.15, -0.1) is 0 Å². The number of ether oxygens (including phenoxy) is 2. The zero-order valence-corrected chi connectivity index (χ0v) is 17.4. The van der Waals surface area contributed by atoms with Gasteiger partial charge in [-0.05, 0) is 44.9 Å². The van der Waals surface area contributed by atoms with Crippen molar-refractivity contribution in [3.05, 3.63) is 40.4 Å². The number of hydrogen-bond acceptors (Lipinski definition) is 5. The fourth-order valence-electron chi connectivity index (χ4n) is 2.29. The van der Waals surface area contributed by atoms with Gasteiger partial charge < -0.3 is 20.1 Å². The van der Waals surface area contributed by atoms with E-state index in [4.69, 9.17) is 27.9 Å². The average molecular weight is 431 g/mol. The van der Waals surface area contributed by atoms with Crippen LogP contribution in [0, 0.1) is 0 Å². The quantitative estimate of drug-likeness (QED) is 0.392. The normalized spacial score (nSPS) is 16.0. The zero-order chi connectivity index (χ0) is 21.1. The third-order valence-corrected chi connectivity index (χ3v) is 3.95. The van der Waals surface area contributed by atoms with E-state index in [2.05, 4.69) is 15.4 Å². The van der Waals surface area contributed by atoms with Crippen LogP contribution in [0.4, 0.5) is 5.69 Å². The Morgan fingerprint density at radius 3 is 2.25 bits per heavy atom. The zero-order valence-electron chi connectivity index (χ0n) is 15.9. The van der Waals surface area contributed by atoms with Crippen LogP contribution in [-0.2, 0) is 23.9 Å². The van der Waals surface area contributed by atoms with Crippen molar-refractivity contribution >= 4 is 47.2 Å². The summed E-state index contributed by atoms with van der Waals surface area (Å²) in [6, 6.07) is 4.57. The molecule has 2 rings (SSSR count). The number of hydrogen-bond donors (Lipinski definition) is 2. The van der Waals surface area contributed by atoms with Gasteiger partial charge in [-0.25, -0.2) is 0 Å². The van der Waals surface area contributed by atoms with E-state index in [-0.39, 0.29) is 12.1 Å². The van der Waals surface area contributed by atoms with E-state index in [1.54, 1.807) is 19.9 Å². The van der Waals surface area contributed by atoms with Gasteiger partial charge in [0.25, 0.3) is 18.3 Å². The van der Waals surface area contributed by atoms with Crippen molar-refractivity contribution in [1.82, 2.24) is 5.32 Å². The van der Waals surface area contributed by atoms with E-state index < -0.39 is 17.9 Å². The topological polar surface area (TPSA) is 93.7 Å². The monoisotopic (exact) mass is 430 g/mol. The van der Waals surface area contributed by atoms with Crippen LogP contribution in [0.5, 0.6) is 0 Å². The Morgan fingerprint density at radius 2 is 1.82 bits per heavy atom. The van der Waals surface area contributed by atoms with Crippen LogP contribution in [0.15, 0.2) is 30.4 Å². The summed E-state index contributed by atoms with van der Waals surface area (Å²) in [6.45, 7) is 4.05. The molecule has 9 heteroatoms. The number of halogens is 2. The third kappa shape index (κ3) is 8.73. The summed E-state index contributed by atoms with van der Waals surface area (Å²) in [5.41, 5.74) is 0.401. The number of rotatable bonds is 7. The first kappa shape index (κ1) is 23.9. The second kappa shape index (κ2) is 12.4. The number of carbonyl (C=O) groups is 3. The Hall–Kier alpha value is -2.09. The van der Waals surface area contributed by atoms with Crippen LogP contribution < -0.4 is 10.6 Å². The van der Waals surface area contributed by atoms with Crippen molar-refractivity contribution in [2.45, 2.75) is 44.9 Å². The van der Waals surface area contributed by atoms with E-state index in [0.29, 0.717) is 22.2 Å². The molecule has 0 bridgehead atoms. The fourth-order valence-corrected chi connectivity index (χ4v) is 2.82. The molecule has 2 amide bonds. The first-order valence-electron chi connectivity index (χ1n) is 8.62. The minimum Gasteiger partial charge on any atom is -0.465 e. The van der Waals surface area contributed by atoms with E-state index in [9.17, 15) is 14.4 Å². The molecule has 2 unspecified atom stereocenters. The largest absolute Gasteiger partial charge is 0.465 e. The molecule has 28 heavy (non-hydrogen) atoms. The highest BCUT2D eigenvalue weighted by Gasteiger charge is 2.28. The molecule has 0 heterocycles. The summed E-state index contributed by atoms with van der Waals surface area (Å²) in [4.78, 5) is 33.7. The van der Waals surface area contributed by atoms with Gasteiger partial charge in [0.1, 0.15) is 0 Å². The van der Waals surface area contributed by atoms with Crippen LogP contribution in [0.2, 0.25) is 10.0 Å². The number of methoxy groups -OCH3 is 1. The summed E-state index contributed by atoms with van der Waals surface area (Å²) in [6.07, 6.45) is 4.41. The van der Waals surface area contributed by atoms with Gasteiger partial charge >= 0.3 is 0 Å². The number of nitrogens with one attached hydrogen (secondary N) is 2. The number of amides is 2. The van der Waals surface area contributed by atoms with Crippen LogP contribution in [0.1, 0.15) is 26.7 Å². The summed E-state index contributed by atoms with van der Waals surface area (Å²) in [5, 5.41) is 6.10. The molecule has 1 aliphatic carbocycles. The summed E-state index contributed by atoms with van der Waals surface area (Å²) in [5.74, 6) is -1.06. The standard InChI is InChI=1S/C15H16Cl2N2O3.C4H8O2/c1-22-13(14(20)18-11-4-2-3-5-11)15(21)19-12-7-9(16)6-10(17)8-12;1-4(2)6-3-5/h2,4,6-8,11,13H,3,5H2,1H3,(H,18,20)(H,19,21);3-4H,1-2H3. The molecule has 1 aromatic rings. The Balaban J connectivity index is 0.000000568. The molecule has 0 radical (unpaired) electrons. The third-order valence-electron chi connectivity index (χ3n) is 3.51. The highest BCUT2D eigenvalue weighted by atomic mass is 35.5. The molecule has 1 aromatic carbocycles. The van der Waals surface area contributed by atoms with Crippen LogP contribution in [0.3, 0.4) is 0 Å². The van der Waals surface area contributed by atoms with Gasteiger partial charge in [0.15, 0.2) is 0 Å². The second-order valence-corrected chi connectivity index (χ2v) is 7.04. The molecule has 2 atom stereocenters. The smallest absolute Gasteiger partial charge is 0.293 e. The molecule has 0 fully saturated rings. The summed E-state index contributed by atoms with van der Waals surface area (Å²) >= 11 is 11.7. The van der Waals surface area contributed by atoms with Gasteiger partial charge in [0.2, 0.25) is 6.10 Å². The summed E-state index contributed by atoms with van der Waals surface area (Å²) in [7, 11) is 1.30. The number of anilines is 1. The molecule has 0 saturated carbocycles. The van der Waals surface area contributed by atoms with Gasteiger partial charge in [-0.2, -0.15) is 0 Å². The average Bonchev–Trinajstić information content (AvgIpc) is 3.07. The molecule has 0 aromatic heterocycles. The summed E-state index contributed by atoms with van der Waals surface area (Å²) < 4.78 is 9.36. The van der Waals surface area contributed by atoms with Gasteiger partial charge in [-0.3, -0.25) is 14.4 Å². The lowest BCUT2D eigenvalue weighted by Crippen LogP contribution is -2.46. The lowest BCUT2D eigenvalue weighted by atomic mass is 10.2. The Kier molecular flexibility index (Phi) is 10.6. The molecule has 2 N–H and O–H groups in total. The lowest BCUT2D eigenvalue weighted by molar-refractivity contribution is -0.140. The molecule has 7 nitrogen and oxygen atoms in total. The number of benzene rings is 1. The van der Waals surface area contributed by atoms with Crippen molar-refractivity contribution in [2.75, 3.05) is 12.4 Å². The Morgan fingerprint density at radius 1 is 1.18 bits per heavy atom. The predicted octanol–water partition coefficient (Wildman–Crippen LogP) is 3.35. The molecule has 1 aliphatic rings.